The average molecular weight is 441 g/mol. The molecule has 0 bridgehead atoms. The first kappa shape index (κ1) is 20.5. The van der Waals surface area contributed by atoms with Gasteiger partial charge in [0.1, 0.15) is 0 Å². The number of pyridine rings is 1. The fourth-order valence-corrected chi connectivity index (χ4v) is 2.58. The second-order valence-corrected chi connectivity index (χ2v) is 5.94. The SMILES string of the molecule is CN=C(NCCn1cccc1)NCC(c1cccnc1)C(C)C.I. The normalized spacial score (nSPS) is 12.6. The molecule has 0 spiro atoms. The van der Waals surface area contributed by atoms with Crippen LogP contribution in [0.1, 0.15) is 25.3 Å². The molecule has 2 aromatic rings. The highest BCUT2D eigenvalue weighted by atomic mass is 127. The molecule has 2 aromatic heterocycles. The molecule has 24 heavy (non-hydrogen) atoms. The smallest absolute Gasteiger partial charge is 0.191 e. The number of nitrogens with one attached hydrogen (secondary N) is 2. The Labute approximate surface area is 162 Å². The van der Waals surface area contributed by atoms with Gasteiger partial charge < -0.3 is 15.2 Å². The Morgan fingerprint density at radius 1 is 1.21 bits per heavy atom. The van der Waals surface area contributed by atoms with Crippen molar-refractivity contribution >= 4 is 29.9 Å². The van der Waals surface area contributed by atoms with Crippen LogP contribution in [-0.2, 0) is 6.54 Å². The van der Waals surface area contributed by atoms with Gasteiger partial charge in [-0.1, -0.05) is 19.9 Å². The van der Waals surface area contributed by atoms with Crippen molar-refractivity contribution in [2.75, 3.05) is 20.1 Å². The Hall–Kier alpha value is -1.57. The number of rotatable bonds is 7. The molecule has 2 heterocycles. The Bertz CT molecular complexity index is 581. The number of hydrogen-bond donors (Lipinski definition) is 2. The Balaban J connectivity index is 0.00000288. The van der Waals surface area contributed by atoms with Crippen LogP contribution in [0.25, 0.3) is 0 Å². The van der Waals surface area contributed by atoms with Crippen molar-refractivity contribution in [3.05, 3.63) is 54.6 Å². The Morgan fingerprint density at radius 3 is 2.54 bits per heavy atom. The van der Waals surface area contributed by atoms with Crippen molar-refractivity contribution < 1.29 is 0 Å². The zero-order valence-electron chi connectivity index (χ0n) is 14.6. The van der Waals surface area contributed by atoms with Crippen LogP contribution in [0.2, 0.25) is 0 Å². The third-order valence-electron chi connectivity index (χ3n) is 3.96. The van der Waals surface area contributed by atoms with E-state index in [4.69, 9.17) is 0 Å². The summed E-state index contributed by atoms with van der Waals surface area (Å²) in [6.45, 7) is 7.08. The van der Waals surface area contributed by atoms with E-state index in [9.17, 15) is 0 Å². The molecule has 0 aliphatic heterocycles. The minimum atomic E-state index is 0. The van der Waals surface area contributed by atoms with Crippen molar-refractivity contribution in [3.8, 4) is 0 Å². The number of halogens is 1. The molecule has 0 aliphatic rings. The van der Waals surface area contributed by atoms with Crippen LogP contribution >= 0.6 is 24.0 Å². The predicted molar refractivity (Wildman–Crippen MR) is 111 cm³/mol. The van der Waals surface area contributed by atoms with E-state index in [0.29, 0.717) is 11.8 Å². The highest BCUT2D eigenvalue weighted by Gasteiger charge is 2.16. The summed E-state index contributed by atoms with van der Waals surface area (Å²) in [6, 6.07) is 8.21. The summed E-state index contributed by atoms with van der Waals surface area (Å²) < 4.78 is 2.15. The van der Waals surface area contributed by atoms with E-state index >= 15 is 0 Å². The third kappa shape index (κ3) is 6.51. The molecule has 0 saturated heterocycles. The molecule has 6 heteroatoms. The van der Waals surface area contributed by atoms with Gasteiger partial charge in [0.2, 0.25) is 0 Å². The third-order valence-corrected chi connectivity index (χ3v) is 3.96. The first-order chi connectivity index (χ1) is 11.2. The van der Waals surface area contributed by atoms with Gasteiger partial charge in [-0.05, 0) is 29.7 Å². The summed E-state index contributed by atoms with van der Waals surface area (Å²) in [4.78, 5) is 8.54. The van der Waals surface area contributed by atoms with E-state index in [1.807, 2.05) is 30.6 Å². The first-order valence-electron chi connectivity index (χ1n) is 8.16. The monoisotopic (exact) mass is 441 g/mol. The highest BCUT2D eigenvalue weighted by Crippen LogP contribution is 2.22. The number of aromatic nitrogens is 2. The number of nitrogens with zero attached hydrogens (tertiary/aromatic N) is 3. The number of aliphatic imine (C=N–C) groups is 1. The van der Waals surface area contributed by atoms with Gasteiger partial charge in [0.05, 0.1) is 0 Å². The average Bonchev–Trinajstić information content (AvgIpc) is 3.07. The summed E-state index contributed by atoms with van der Waals surface area (Å²) in [5.41, 5.74) is 1.26. The van der Waals surface area contributed by atoms with Gasteiger partial charge in [-0.3, -0.25) is 9.98 Å². The van der Waals surface area contributed by atoms with Crippen LogP contribution in [0.4, 0.5) is 0 Å². The molecule has 0 aromatic carbocycles. The lowest BCUT2D eigenvalue weighted by molar-refractivity contribution is 0.486. The second kappa shape index (κ2) is 11.1. The van der Waals surface area contributed by atoms with E-state index < -0.39 is 0 Å². The van der Waals surface area contributed by atoms with Crippen molar-refractivity contribution in [3.63, 3.8) is 0 Å². The maximum atomic E-state index is 4.30. The highest BCUT2D eigenvalue weighted by molar-refractivity contribution is 14.0. The predicted octanol–water partition coefficient (Wildman–Crippen LogP) is 3.11. The molecule has 1 atom stereocenters. The lowest BCUT2D eigenvalue weighted by Crippen LogP contribution is -2.41. The lowest BCUT2D eigenvalue weighted by atomic mass is 9.89. The standard InChI is InChI=1S/C18H27N5.HI/c1-15(2)17(16-7-6-8-20-13-16)14-22-18(19-3)21-9-12-23-10-4-5-11-23;/h4-8,10-11,13,15,17H,9,12,14H2,1-3H3,(H2,19,21,22);1H. The van der Waals surface area contributed by atoms with E-state index in [1.165, 1.54) is 5.56 Å². The van der Waals surface area contributed by atoms with E-state index in [-0.39, 0.29) is 24.0 Å². The largest absolute Gasteiger partial charge is 0.356 e. The fourth-order valence-electron chi connectivity index (χ4n) is 2.58. The molecule has 0 aliphatic carbocycles. The number of guanidine groups is 1. The second-order valence-electron chi connectivity index (χ2n) is 5.94. The molecule has 2 rings (SSSR count). The zero-order chi connectivity index (χ0) is 16.5. The maximum absolute atomic E-state index is 4.30. The van der Waals surface area contributed by atoms with E-state index in [2.05, 4.69) is 57.5 Å². The molecule has 2 N–H and O–H groups in total. The molecule has 0 amide bonds. The van der Waals surface area contributed by atoms with Crippen LogP contribution < -0.4 is 10.6 Å². The van der Waals surface area contributed by atoms with Gasteiger partial charge in [0.25, 0.3) is 0 Å². The van der Waals surface area contributed by atoms with Crippen molar-refractivity contribution in [1.82, 2.24) is 20.2 Å². The molecular formula is C18H28IN5. The van der Waals surface area contributed by atoms with Crippen LogP contribution in [-0.4, -0.2) is 35.6 Å². The number of hydrogen-bond acceptors (Lipinski definition) is 2. The molecule has 0 radical (unpaired) electrons. The van der Waals surface area contributed by atoms with Crippen LogP contribution in [0.5, 0.6) is 0 Å². The zero-order valence-corrected chi connectivity index (χ0v) is 17.0. The lowest BCUT2D eigenvalue weighted by Gasteiger charge is -2.23. The molecule has 132 valence electrons. The van der Waals surface area contributed by atoms with Gasteiger partial charge in [-0.2, -0.15) is 0 Å². The minimum absolute atomic E-state index is 0. The van der Waals surface area contributed by atoms with E-state index in [1.54, 1.807) is 7.05 Å². The van der Waals surface area contributed by atoms with Crippen LogP contribution in [0.3, 0.4) is 0 Å². The summed E-state index contributed by atoms with van der Waals surface area (Å²) in [5.74, 6) is 1.78. The van der Waals surface area contributed by atoms with Gasteiger partial charge in [0.15, 0.2) is 5.96 Å². The molecule has 0 saturated carbocycles. The van der Waals surface area contributed by atoms with Gasteiger partial charge >= 0.3 is 0 Å². The first-order valence-corrected chi connectivity index (χ1v) is 8.16. The van der Waals surface area contributed by atoms with Gasteiger partial charge in [-0.15, -0.1) is 24.0 Å². The fraction of sp³-hybridized carbons (Fsp3) is 0.444. The van der Waals surface area contributed by atoms with Gasteiger partial charge in [-0.25, -0.2) is 0 Å². The summed E-state index contributed by atoms with van der Waals surface area (Å²) >= 11 is 0. The molecule has 1 unspecified atom stereocenters. The molecule has 5 nitrogen and oxygen atoms in total. The van der Waals surface area contributed by atoms with Crippen LogP contribution in [0.15, 0.2) is 54.0 Å². The summed E-state index contributed by atoms with van der Waals surface area (Å²) in [7, 11) is 1.81. The summed E-state index contributed by atoms with van der Waals surface area (Å²) in [5, 5.41) is 6.79. The van der Waals surface area contributed by atoms with Crippen molar-refractivity contribution in [2.24, 2.45) is 10.9 Å². The topological polar surface area (TPSA) is 54.2 Å². The Morgan fingerprint density at radius 2 is 1.96 bits per heavy atom. The quantitative estimate of drug-likeness (QED) is 0.395. The summed E-state index contributed by atoms with van der Waals surface area (Å²) in [6.07, 6.45) is 7.90. The van der Waals surface area contributed by atoms with Gasteiger partial charge in [0, 0.05) is 57.4 Å². The van der Waals surface area contributed by atoms with E-state index in [0.717, 1.165) is 25.6 Å². The molecular weight excluding hydrogens is 413 g/mol. The van der Waals surface area contributed by atoms with Crippen molar-refractivity contribution in [1.29, 1.82) is 0 Å². The Kier molecular flexibility index (Phi) is 9.44. The van der Waals surface area contributed by atoms with Crippen molar-refractivity contribution in [2.45, 2.75) is 26.3 Å². The molecule has 0 fully saturated rings. The van der Waals surface area contributed by atoms with Crippen LogP contribution in [0, 0.1) is 5.92 Å². The maximum Gasteiger partial charge on any atom is 0.191 e. The minimum Gasteiger partial charge on any atom is -0.356 e.